The van der Waals surface area contributed by atoms with E-state index in [1.165, 1.54) is 4.68 Å². The summed E-state index contributed by atoms with van der Waals surface area (Å²) in [6.45, 7) is 6.02. The van der Waals surface area contributed by atoms with Crippen molar-refractivity contribution in [3.8, 4) is 5.75 Å². The van der Waals surface area contributed by atoms with Crippen LogP contribution in [0.25, 0.3) is 10.9 Å². The van der Waals surface area contributed by atoms with Gasteiger partial charge in [0.25, 0.3) is 5.56 Å². The number of benzene rings is 2. The largest absolute Gasteiger partial charge is 0.490 e. The molecule has 0 saturated heterocycles. The average Bonchev–Trinajstić information content (AvgIpc) is 2.69. The molecule has 0 unspecified atom stereocenters. The molecule has 0 radical (unpaired) electrons. The molecule has 0 spiro atoms. The Kier molecular flexibility index (Phi) is 6.92. The molecule has 0 bridgehead atoms. The van der Waals surface area contributed by atoms with Gasteiger partial charge < -0.3 is 9.64 Å². The van der Waals surface area contributed by atoms with Crippen LogP contribution in [0.15, 0.2) is 50.8 Å². The minimum absolute atomic E-state index is 0.0209. The van der Waals surface area contributed by atoms with Gasteiger partial charge in [-0.3, -0.25) is 4.79 Å². The first-order valence-electron chi connectivity index (χ1n) is 10.0. The van der Waals surface area contributed by atoms with E-state index in [4.69, 9.17) is 4.74 Å². The highest BCUT2D eigenvalue weighted by molar-refractivity contribution is 9.10. The van der Waals surface area contributed by atoms with Crippen LogP contribution in [0.5, 0.6) is 5.75 Å². The van der Waals surface area contributed by atoms with Gasteiger partial charge in [-0.1, -0.05) is 22.9 Å². The van der Waals surface area contributed by atoms with Crippen LogP contribution in [-0.4, -0.2) is 36.1 Å². The van der Waals surface area contributed by atoms with E-state index in [2.05, 4.69) is 32.9 Å². The molecule has 6 nitrogen and oxygen atoms in total. The van der Waals surface area contributed by atoms with Crippen molar-refractivity contribution < 1.29 is 4.74 Å². The van der Waals surface area contributed by atoms with E-state index < -0.39 is 0 Å². The quantitative estimate of drug-likeness (QED) is 0.463. The molecule has 0 N–H and O–H groups in total. The Balaban J connectivity index is 2.12. The van der Waals surface area contributed by atoms with Crippen molar-refractivity contribution >= 4 is 38.7 Å². The monoisotopic (exact) mass is 470 g/mol. The number of anilines is 1. The summed E-state index contributed by atoms with van der Waals surface area (Å²) in [5, 5.41) is 5.06. The summed E-state index contributed by atoms with van der Waals surface area (Å²) in [6, 6.07) is 11.5. The standard InChI is InChI=1S/C23H27BrN4O2/c1-6-7-22-26-20-11-9-17(24)12-19(20)23(29)28(22)25-14-16-8-10-18(27(4)5)13-21(16)30-15(2)3/h8-15H,6-7H2,1-5H3. The Morgan fingerprint density at radius 2 is 2.00 bits per heavy atom. The number of rotatable bonds is 7. The molecule has 0 saturated carbocycles. The molecule has 0 atom stereocenters. The fourth-order valence-electron chi connectivity index (χ4n) is 3.08. The molecule has 1 heterocycles. The molecule has 0 fully saturated rings. The van der Waals surface area contributed by atoms with E-state index in [0.29, 0.717) is 23.1 Å². The Morgan fingerprint density at radius 3 is 2.67 bits per heavy atom. The third-order valence-corrected chi connectivity index (χ3v) is 5.03. The average molecular weight is 471 g/mol. The van der Waals surface area contributed by atoms with Crippen molar-refractivity contribution in [2.45, 2.75) is 39.7 Å². The predicted octanol–water partition coefficient (Wildman–Crippen LogP) is 4.85. The maximum absolute atomic E-state index is 13.2. The second-order valence-corrected chi connectivity index (χ2v) is 8.50. The van der Waals surface area contributed by atoms with Gasteiger partial charge in [0.05, 0.1) is 23.2 Å². The van der Waals surface area contributed by atoms with Gasteiger partial charge in [-0.25, -0.2) is 4.98 Å². The van der Waals surface area contributed by atoms with Gasteiger partial charge in [-0.05, 0) is 50.6 Å². The molecule has 3 rings (SSSR count). The topological polar surface area (TPSA) is 59.7 Å². The third-order valence-electron chi connectivity index (χ3n) is 4.54. The molecule has 0 aliphatic heterocycles. The van der Waals surface area contributed by atoms with Crippen LogP contribution >= 0.6 is 15.9 Å². The summed E-state index contributed by atoms with van der Waals surface area (Å²) in [4.78, 5) is 19.8. The number of aromatic nitrogens is 2. The van der Waals surface area contributed by atoms with Crippen LogP contribution < -0.4 is 15.2 Å². The highest BCUT2D eigenvalue weighted by Crippen LogP contribution is 2.25. The zero-order valence-electron chi connectivity index (χ0n) is 18.0. The fourth-order valence-corrected chi connectivity index (χ4v) is 3.44. The second-order valence-electron chi connectivity index (χ2n) is 7.58. The van der Waals surface area contributed by atoms with Crippen LogP contribution in [-0.2, 0) is 6.42 Å². The van der Waals surface area contributed by atoms with E-state index in [-0.39, 0.29) is 11.7 Å². The maximum Gasteiger partial charge on any atom is 0.282 e. The van der Waals surface area contributed by atoms with E-state index in [1.54, 1.807) is 12.3 Å². The van der Waals surface area contributed by atoms with Gasteiger partial charge >= 0.3 is 0 Å². The van der Waals surface area contributed by atoms with Gasteiger partial charge in [0.15, 0.2) is 0 Å². The fraction of sp³-hybridized carbons (Fsp3) is 0.348. The Bertz CT molecular complexity index is 1140. The summed E-state index contributed by atoms with van der Waals surface area (Å²) in [5.41, 5.74) is 2.33. The van der Waals surface area contributed by atoms with Crippen LogP contribution in [0, 0.1) is 0 Å². The number of ether oxygens (including phenoxy) is 1. The number of nitrogens with zero attached hydrogens (tertiary/aromatic N) is 4. The molecule has 2 aromatic carbocycles. The molecular formula is C23H27BrN4O2. The minimum atomic E-state index is -0.183. The van der Waals surface area contributed by atoms with Crippen molar-refractivity contribution in [1.82, 2.24) is 9.66 Å². The summed E-state index contributed by atoms with van der Waals surface area (Å²) in [6.07, 6.45) is 3.22. The molecule has 30 heavy (non-hydrogen) atoms. The zero-order chi connectivity index (χ0) is 21.8. The lowest BCUT2D eigenvalue weighted by Gasteiger charge is -2.17. The molecule has 3 aromatic rings. The smallest absolute Gasteiger partial charge is 0.282 e. The van der Waals surface area contributed by atoms with Gasteiger partial charge in [-0.15, -0.1) is 0 Å². The van der Waals surface area contributed by atoms with Crippen LogP contribution in [0.4, 0.5) is 5.69 Å². The lowest BCUT2D eigenvalue weighted by molar-refractivity contribution is 0.242. The lowest BCUT2D eigenvalue weighted by atomic mass is 10.2. The van der Waals surface area contributed by atoms with Crippen molar-refractivity contribution in [2.75, 3.05) is 19.0 Å². The number of aryl methyl sites for hydroxylation is 1. The zero-order valence-corrected chi connectivity index (χ0v) is 19.6. The molecular weight excluding hydrogens is 444 g/mol. The number of fused-ring (bicyclic) bond motifs is 1. The summed E-state index contributed by atoms with van der Waals surface area (Å²) in [7, 11) is 3.97. The second kappa shape index (κ2) is 9.43. The van der Waals surface area contributed by atoms with Gasteiger partial charge in [-0.2, -0.15) is 9.78 Å². The summed E-state index contributed by atoms with van der Waals surface area (Å²) in [5.74, 6) is 1.37. The van der Waals surface area contributed by atoms with Crippen LogP contribution in [0.1, 0.15) is 38.6 Å². The van der Waals surface area contributed by atoms with Crippen LogP contribution in [0.2, 0.25) is 0 Å². The lowest BCUT2D eigenvalue weighted by Crippen LogP contribution is -2.22. The predicted molar refractivity (Wildman–Crippen MR) is 127 cm³/mol. The van der Waals surface area contributed by atoms with E-state index in [9.17, 15) is 4.79 Å². The van der Waals surface area contributed by atoms with Crippen molar-refractivity contribution in [3.05, 3.63) is 62.6 Å². The first-order valence-corrected chi connectivity index (χ1v) is 10.8. The van der Waals surface area contributed by atoms with E-state index in [0.717, 1.165) is 27.9 Å². The van der Waals surface area contributed by atoms with Crippen molar-refractivity contribution in [1.29, 1.82) is 0 Å². The van der Waals surface area contributed by atoms with E-state index in [1.807, 2.05) is 63.2 Å². The SMILES string of the molecule is CCCc1nc2ccc(Br)cc2c(=O)n1N=Cc1ccc(N(C)C)cc1OC(C)C. The molecule has 0 aliphatic rings. The molecule has 0 amide bonds. The molecule has 1 aromatic heterocycles. The summed E-state index contributed by atoms with van der Waals surface area (Å²) >= 11 is 3.43. The third kappa shape index (κ3) is 4.90. The normalized spacial score (nSPS) is 11.6. The Hall–Kier alpha value is -2.67. The van der Waals surface area contributed by atoms with E-state index >= 15 is 0 Å². The van der Waals surface area contributed by atoms with Crippen LogP contribution in [0.3, 0.4) is 0 Å². The highest BCUT2D eigenvalue weighted by Gasteiger charge is 2.12. The van der Waals surface area contributed by atoms with Gasteiger partial charge in [0, 0.05) is 42.3 Å². The number of halogens is 1. The number of hydrogen-bond donors (Lipinski definition) is 0. The number of hydrogen-bond acceptors (Lipinski definition) is 5. The highest BCUT2D eigenvalue weighted by atomic mass is 79.9. The Morgan fingerprint density at radius 1 is 1.23 bits per heavy atom. The molecule has 7 heteroatoms. The molecule has 158 valence electrons. The minimum Gasteiger partial charge on any atom is -0.490 e. The Labute approximate surface area is 185 Å². The summed E-state index contributed by atoms with van der Waals surface area (Å²) < 4.78 is 8.22. The molecule has 0 aliphatic carbocycles. The first kappa shape index (κ1) is 22.0. The van der Waals surface area contributed by atoms with Gasteiger partial charge in [0.1, 0.15) is 11.6 Å². The van der Waals surface area contributed by atoms with Gasteiger partial charge in [0.2, 0.25) is 0 Å². The van der Waals surface area contributed by atoms with Crippen molar-refractivity contribution in [3.63, 3.8) is 0 Å². The van der Waals surface area contributed by atoms with Crippen molar-refractivity contribution in [2.24, 2.45) is 5.10 Å². The first-order chi connectivity index (χ1) is 14.3. The maximum atomic E-state index is 13.2.